The molecule has 1 aliphatic rings. The quantitative estimate of drug-likeness (QED) is 0.179. The lowest BCUT2D eigenvalue weighted by atomic mass is 9.80. The molecule has 0 radical (unpaired) electrons. The molecule has 5 atom stereocenters. The molecule has 38 heavy (non-hydrogen) atoms. The van der Waals surface area contributed by atoms with Crippen LogP contribution in [0.25, 0.3) is 0 Å². The van der Waals surface area contributed by atoms with E-state index >= 15 is 0 Å². The normalized spacial score (nSPS) is 22.2. The van der Waals surface area contributed by atoms with Crippen molar-refractivity contribution < 1.29 is 34.3 Å². The van der Waals surface area contributed by atoms with Gasteiger partial charge < -0.3 is 34.3 Å². The van der Waals surface area contributed by atoms with Gasteiger partial charge in [-0.25, -0.2) is 0 Å². The summed E-state index contributed by atoms with van der Waals surface area (Å²) in [5.74, 6) is 0.708. The first-order chi connectivity index (χ1) is 18.5. The second-order valence-electron chi connectivity index (χ2n) is 9.27. The number of benzene rings is 3. The molecule has 0 amide bonds. The maximum atomic E-state index is 11.1. The third-order valence-electron chi connectivity index (χ3n) is 6.80. The molecule has 3 aromatic rings. The molecule has 1 aliphatic heterocycles. The van der Waals surface area contributed by atoms with Crippen LogP contribution >= 0.6 is 0 Å². The van der Waals surface area contributed by atoms with Gasteiger partial charge >= 0.3 is 0 Å². The Bertz CT molecular complexity index is 1080. The van der Waals surface area contributed by atoms with E-state index in [-0.39, 0.29) is 6.61 Å². The van der Waals surface area contributed by atoms with E-state index in [0.717, 1.165) is 23.1 Å². The number of hydrogen-bond donors (Lipinski definition) is 3. The molecule has 1 heterocycles. The second-order valence-corrected chi connectivity index (χ2v) is 9.27. The topological polar surface area (TPSA) is 97.6 Å². The minimum Gasteiger partial charge on any atom is -0.497 e. The first kappa shape index (κ1) is 28.0. The Morgan fingerprint density at radius 2 is 1.47 bits per heavy atom. The fraction of sp³-hybridized carbons (Fsp3) is 0.355. The fourth-order valence-corrected chi connectivity index (χ4v) is 4.78. The molecule has 0 saturated carbocycles. The highest BCUT2D eigenvalue weighted by Crippen LogP contribution is 2.41. The van der Waals surface area contributed by atoms with Gasteiger partial charge in [-0.2, -0.15) is 0 Å². The summed E-state index contributed by atoms with van der Waals surface area (Å²) in [6.45, 7) is 3.83. The highest BCUT2D eigenvalue weighted by molar-refractivity contribution is 5.48. The molecule has 7 heteroatoms. The Labute approximate surface area is 223 Å². The molecular formula is C31H36O7. The number of unbranched alkanes of at least 4 members (excludes halogenated alkanes) is 1. The summed E-state index contributed by atoms with van der Waals surface area (Å²) in [4.78, 5) is 0. The zero-order valence-corrected chi connectivity index (χ0v) is 21.6. The summed E-state index contributed by atoms with van der Waals surface area (Å²) in [5, 5.41) is 32.2. The third-order valence-corrected chi connectivity index (χ3v) is 6.80. The van der Waals surface area contributed by atoms with E-state index in [4.69, 9.17) is 18.9 Å². The van der Waals surface area contributed by atoms with Crippen LogP contribution in [0.1, 0.15) is 29.5 Å². The van der Waals surface area contributed by atoms with Crippen LogP contribution in [0.3, 0.4) is 0 Å². The van der Waals surface area contributed by atoms with Crippen LogP contribution < -0.4 is 4.74 Å². The van der Waals surface area contributed by atoms with Crippen molar-refractivity contribution in [3.63, 3.8) is 0 Å². The summed E-state index contributed by atoms with van der Waals surface area (Å²) in [6, 6.07) is 27.1. The largest absolute Gasteiger partial charge is 0.497 e. The van der Waals surface area contributed by atoms with Gasteiger partial charge in [0.15, 0.2) is 6.29 Å². The molecule has 3 aromatic carbocycles. The van der Waals surface area contributed by atoms with Crippen molar-refractivity contribution in [2.75, 3.05) is 20.3 Å². The molecule has 0 unspecified atom stereocenters. The summed E-state index contributed by atoms with van der Waals surface area (Å²) >= 11 is 0. The molecule has 1 fully saturated rings. The van der Waals surface area contributed by atoms with E-state index in [1.54, 1.807) is 13.2 Å². The lowest BCUT2D eigenvalue weighted by Gasteiger charge is -2.37. The molecule has 0 spiro atoms. The van der Waals surface area contributed by atoms with Gasteiger partial charge in [-0.3, -0.25) is 0 Å². The van der Waals surface area contributed by atoms with Crippen LogP contribution in [0.5, 0.6) is 5.75 Å². The number of aliphatic hydroxyl groups excluding tert-OH is 3. The van der Waals surface area contributed by atoms with Crippen LogP contribution in [-0.2, 0) is 19.8 Å². The van der Waals surface area contributed by atoms with Crippen LogP contribution in [0.15, 0.2) is 97.6 Å². The van der Waals surface area contributed by atoms with E-state index < -0.39 is 36.3 Å². The predicted octanol–water partition coefficient (Wildman–Crippen LogP) is 3.79. The van der Waals surface area contributed by atoms with Gasteiger partial charge in [0.05, 0.1) is 20.3 Å². The van der Waals surface area contributed by atoms with Crippen molar-refractivity contribution in [2.24, 2.45) is 0 Å². The molecular weight excluding hydrogens is 484 g/mol. The van der Waals surface area contributed by atoms with E-state index in [9.17, 15) is 15.3 Å². The van der Waals surface area contributed by atoms with Crippen molar-refractivity contribution in [3.8, 4) is 5.75 Å². The molecule has 0 aliphatic carbocycles. The molecule has 0 bridgehead atoms. The first-order valence-electron chi connectivity index (χ1n) is 12.8. The predicted molar refractivity (Wildman–Crippen MR) is 144 cm³/mol. The van der Waals surface area contributed by atoms with Gasteiger partial charge in [0.25, 0.3) is 0 Å². The maximum Gasteiger partial charge on any atom is 0.186 e. The Balaban J connectivity index is 1.62. The van der Waals surface area contributed by atoms with E-state index in [0.29, 0.717) is 18.8 Å². The fourth-order valence-electron chi connectivity index (χ4n) is 4.78. The highest BCUT2D eigenvalue weighted by Gasteiger charge is 2.47. The summed E-state index contributed by atoms with van der Waals surface area (Å²) in [7, 11) is 1.61. The lowest BCUT2D eigenvalue weighted by Crippen LogP contribution is -2.43. The first-order valence-corrected chi connectivity index (χ1v) is 12.8. The van der Waals surface area contributed by atoms with Gasteiger partial charge in [0, 0.05) is 0 Å². The van der Waals surface area contributed by atoms with Crippen molar-refractivity contribution in [1.82, 2.24) is 0 Å². The van der Waals surface area contributed by atoms with E-state index in [2.05, 4.69) is 6.58 Å². The number of hydrogen-bond acceptors (Lipinski definition) is 7. The van der Waals surface area contributed by atoms with Gasteiger partial charge in [0.2, 0.25) is 0 Å². The average molecular weight is 521 g/mol. The van der Waals surface area contributed by atoms with E-state index in [1.165, 1.54) is 0 Å². The Kier molecular flexibility index (Phi) is 9.69. The zero-order valence-electron chi connectivity index (χ0n) is 21.6. The van der Waals surface area contributed by atoms with Gasteiger partial charge in [-0.15, -0.1) is 6.58 Å². The van der Waals surface area contributed by atoms with Crippen molar-refractivity contribution in [1.29, 1.82) is 0 Å². The Hall–Kier alpha value is -3.04. The van der Waals surface area contributed by atoms with Gasteiger partial charge in [0.1, 0.15) is 35.8 Å². The number of aliphatic hydroxyl groups is 3. The van der Waals surface area contributed by atoms with Crippen LogP contribution in [0, 0.1) is 0 Å². The van der Waals surface area contributed by atoms with Crippen molar-refractivity contribution >= 4 is 0 Å². The van der Waals surface area contributed by atoms with Gasteiger partial charge in [-0.1, -0.05) is 78.9 Å². The summed E-state index contributed by atoms with van der Waals surface area (Å²) < 4.78 is 23.4. The summed E-state index contributed by atoms with van der Waals surface area (Å²) in [6.07, 6.45) is -2.73. The maximum absolute atomic E-state index is 11.1. The molecule has 0 aromatic heterocycles. The van der Waals surface area contributed by atoms with E-state index in [1.807, 2.05) is 84.9 Å². The second kappa shape index (κ2) is 13.2. The number of methoxy groups -OCH3 is 1. The number of allylic oxidation sites excluding steroid dienone is 1. The summed E-state index contributed by atoms with van der Waals surface area (Å²) in [5.41, 5.74) is 1.47. The zero-order chi connectivity index (χ0) is 27.0. The van der Waals surface area contributed by atoms with Crippen LogP contribution in [-0.4, -0.2) is 66.3 Å². The minimum absolute atomic E-state index is 0.187. The molecule has 4 rings (SSSR count). The molecule has 1 saturated heterocycles. The molecule has 202 valence electrons. The highest BCUT2D eigenvalue weighted by atomic mass is 16.7. The smallest absolute Gasteiger partial charge is 0.186 e. The Morgan fingerprint density at radius 3 is 2.03 bits per heavy atom. The van der Waals surface area contributed by atoms with Crippen molar-refractivity contribution in [3.05, 3.63) is 114 Å². The van der Waals surface area contributed by atoms with Crippen LogP contribution in [0.2, 0.25) is 0 Å². The molecule has 7 nitrogen and oxygen atoms in total. The number of rotatable bonds is 13. The standard InChI is InChI=1S/C31H36O7/c1-3-4-11-20-36-30-28(34)27(33)29(38-30)26(32)21-37-31(22-12-7-5-8-13-22,23-14-9-6-10-15-23)24-16-18-25(35-2)19-17-24/h3,5-10,12-19,26-30,32-34H,1,4,11,20-21H2,2H3/t26-,27-,28-,29+,30+/m1/s1. The Morgan fingerprint density at radius 1 is 0.895 bits per heavy atom. The van der Waals surface area contributed by atoms with Crippen LogP contribution in [0.4, 0.5) is 0 Å². The monoisotopic (exact) mass is 520 g/mol. The third kappa shape index (κ3) is 5.99. The number of ether oxygens (including phenoxy) is 4. The average Bonchev–Trinajstić information content (AvgIpc) is 3.26. The lowest BCUT2D eigenvalue weighted by molar-refractivity contribution is -0.185. The SMILES string of the molecule is C=CCCCO[C@H]1O[C@@H]([C@H](O)COC(c2ccccc2)(c2ccccc2)c2ccc(OC)cc2)[C@H](O)[C@H]1O. The van der Waals surface area contributed by atoms with Crippen molar-refractivity contribution in [2.45, 2.75) is 49.1 Å². The molecule has 3 N–H and O–H groups in total. The minimum atomic E-state index is -1.33. The van der Waals surface area contributed by atoms with Gasteiger partial charge in [-0.05, 0) is 41.7 Å².